The molecule has 0 saturated carbocycles. The SMILES string of the molecule is CN=C(NCC1CN2CCCC2CO1)NCC(c1ccco1)N1CCCCC1. The first-order valence-corrected chi connectivity index (χ1v) is 10.9. The molecule has 1 aromatic heterocycles. The average molecular weight is 390 g/mol. The molecule has 7 heteroatoms. The van der Waals surface area contributed by atoms with Gasteiger partial charge in [-0.2, -0.15) is 0 Å². The van der Waals surface area contributed by atoms with E-state index < -0.39 is 0 Å². The number of fused-ring (bicyclic) bond motifs is 1. The van der Waals surface area contributed by atoms with Crippen LogP contribution in [0, 0.1) is 0 Å². The number of nitrogens with zero attached hydrogens (tertiary/aromatic N) is 3. The Morgan fingerprint density at radius 3 is 2.89 bits per heavy atom. The lowest BCUT2D eigenvalue weighted by atomic mass is 10.1. The molecule has 3 aliphatic rings. The Bertz CT molecular complexity index is 614. The van der Waals surface area contributed by atoms with Gasteiger partial charge in [-0.3, -0.25) is 14.8 Å². The minimum Gasteiger partial charge on any atom is -0.468 e. The van der Waals surface area contributed by atoms with E-state index >= 15 is 0 Å². The van der Waals surface area contributed by atoms with Crippen molar-refractivity contribution in [3.05, 3.63) is 24.2 Å². The number of guanidine groups is 1. The molecule has 0 spiro atoms. The van der Waals surface area contributed by atoms with Crippen molar-refractivity contribution in [3.63, 3.8) is 0 Å². The molecular weight excluding hydrogens is 354 g/mol. The molecule has 3 aliphatic heterocycles. The van der Waals surface area contributed by atoms with Crippen molar-refractivity contribution >= 4 is 5.96 Å². The second-order valence-corrected chi connectivity index (χ2v) is 8.21. The van der Waals surface area contributed by atoms with Gasteiger partial charge in [0, 0.05) is 32.7 Å². The molecule has 2 N–H and O–H groups in total. The summed E-state index contributed by atoms with van der Waals surface area (Å²) >= 11 is 0. The maximum atomic E-state index is 6.06. The summed E-state index contributed by atoms with van der Waals surface area (Å²) in [6.45, 7) is 6.95. The topological polar surface area (TPSA) is 65.3 Å². The van der Waals surface area contributed by atoms with Crippen molar-refractivity contribution in [2.75, 3.05) is 52.9 Å². The number of ether oxygens (including phenoxy) is 1. The molecule has 0 radical (unpaired) electrons. The molecule has 3 unspecified atom stereocenters. The number of hydrogen-bond donors (Lipinski definition) is 2. The predicted molar refractivity (Wildman–Crippen MR) is 111 cm³/mol. The Labute approximate surface area is 168 Å². The monoisotopic (exact) mass is 389 g/mol. The van der Waals surface area contributed by atoms with Crippen LogP contribution in [0.1, 0.15) is 43.9 Å². The van der Waals surface area contributed by atoms with Crippen LogP contribution in [0.5, 0.6) is 0 Å². The standard InChI is InChI=1S/C21H35N5O2/c1-22-21(23-13-18-15-26-11-5-7-17(26)16-28-18)24-14-19(20-8-6-12-27-20)25-9-3-2-4-10-25/h6,8,12,17-19H,2-5,7,9-11,13-16H2,1H3,(H2,22,23,24). The van der Waals surface area contributed by atoms with Crippen LogP contribution in [0.25, 0.3) is 0 Å². The van der Waals surface area contributed by atoms with E-state index in [0.717, 1.165) is 51.1 Å². The van der Waals surface area contributed by atoms with E-state index in [1.807, 2.05) is 13.1 Å². The van der Waals surface area contributed by atoms with Crippen LogP contribution in [0.15, 0.2) is 27.8 Å². The van der Waals surface area contributed by atoms with Crippen molar-refractivity contribution in [2.24, 2.45) is 4.99 Å². The zero-order chi connectivity index (χ0) is 19.2. The van der Waals surface area contributed by atoms with Crippen LogP contribution < -0.4 is 10.6 Å². The summed E-state index contributed by atoms with van der Waals surface area (Å²) in [5.74, 6) is 1.86. The zero-order valence-corrected chi connectivity index (χ0v) is 17.1. The number of nitrogens with one attached hydrogen (secondary N) is 2. The van der Waals surface area contributed by atoms with Gasteiger partial charge in [-0.1, -0.05) is 6.42 Å². The minimum absolute atomic E-state index is 0.232. The number of hydrogen-bond acceptors (Lipinski definition) is 5. The molecule has 0 aromatic carbocycles. The van der Waals surface area contributed by atoms with Gasteiger partial charge in [0.1, 0.15) is 5.76 Å². The van der Waals surface area contributed by atoms with Gasteiger partial charge in [0.25, 0.3) is 0 Å². The smallest absolute Gasteiger partial charge is 0.191 e. The fraction of sp³-hybridized carbons (Fsp3) is 0.762. The molecule has 4 rings (SSSR count). The number of furan rings is 1. The quantitative estimate of drug-likeness (QED) is 0.572. The van der Waals surface area contributed by atoms with Gasteiger partial charge < -0.3 is 19.8 Å². The lowest BCUT2D eigenvalue weighted by Gasteiger charge is -2.35. The predicted octanol–water partition coefficient (Wildman–Crippen LogP) is 1.83. The summed E-state index contributed by atoms with van der Waals surface area (Å²) < 4.78 is 11.8. The second-order valence-electron chi connectivity index (χ2n) is 8.21. The van der Waals surface area contributed by atoms with Gasteiger partial charge in [-0.05, 0) is 57.5 Å². The van der Waals surface area contributed by atoms with Gasteiger partial charge in [-0.25, -0.2) is 0 Å². The molecule has 4 heterocycles. The highest BCUT2D eigenvalue weighted by Crippen LogP contribution is 2.25. The third-order valence-electron chi connectivity index (χ3n) is 6.35. The molecule has 7 nitrogen and oxygen atoms in total. The zero-order valence-electron chi connectivity index (χ0n) is 17.1. The van der Waals surface area contributed by atoms with Crippen LogP contribution in [-0.2, 0) is 4.74 Å². The second kappa shape index (κ2) is 9.76. The lowest BCUT2D eigenvalue weighted by molar-refractivity contribution is -0.0453. The Morgan fingerprint density at radius 2 is 2.11 bits per heavy atom. The first-order chi connectivity index (χ1) is 13.8. The summed E-state index contributed by atoms with van der Waals surface area (Å²) in [7, 11) is 1.83. The van der Waals surface area contributed by atoms with E-state index in [9.17, 15) is 0 Å². The van der Waals surface area contributed by atoms with Crippen molar-refractivity contribution in [2.45, 2.75) is 50.3 Å². The lowest BCUT2D eigenvalue weighted by Crippen LogP contribution is -2.52. The van der Waals surface area contributed by atoms with Crippen LogP contribution >= 0.6 is 0 Å². The Morgan fingerprint density at radius 1 is 1.21 bits per heavy atom. The highest BCUT2D eigenvalue weighted by atomic mass is 16.5. The molecule has 3 saturated heterocycles. The van der Waals surface area contributed by atoms with Crippen LogP contribution in [-0.4, -0.2) is 80.8 Å². The molecule has 28 heavy (non-hydrogen) atoms. The highest BCUT2D eigenvalue weighted by molar-refractivity contribution is 5.79. The first kappa shape index (κ1) is 19.7. The summed E-state index contributed by atoms with van der Waals surface area (Å²) in [6, 6.07) is 4.95. The number of piperidine rings is 1. The highest BCUT2D eigenvalue weighted by Gasteiger charge is 2.32. The Balaban J connectivity index is 1.27. The molecule has 3 fully saturated rings. The van der Waals surface area contributed by atoms with Crippen molar-refractivity contribution < 1.29 is 9.15 Å². The van der Waals surface area contributed by atoms with E-state index in [1.54, 1.807) is 6.26 Å². The van der Waals surface area contributed by atoms with Gasteiger partial charge in [-0.15, -0.1) is 0 Å². The van der Waals surface area contributed by atoms with E-state index in [4.69, 9.17) is 9.15 Å². The Kier molecular flexibility index (Phi) is 6.88. The third kappa shape index (κ3) is 4.88. The van der Waals surface area contributed by atoms with Crippen molar-refractivity contribution in [3.8, 4) is 0 Å². The number of rotatable bonds is 6. The Hall–Kier alpha value is -1.57. The van der Waals surface area contributed by atoms with E-state index in [1.165, 1.54) is 38.6 Å². The molecule has 0 aliphatic carbocycles. The number of likely N-dealkylation sites (tertiary alicyclic amines) is 1. The third-order valence-corrected chi connectivity index (χ3v) is 6.35. The summed E-state index contributed by atoms with van der Waals surface area (Å²) in [5.41, 5.74) is 0. The normalized spacial score (nSPS) is 28.1. The van der Waals surface area contributed by atoms with E-state index in [2.05, 4.69) is 31.5 Å². The van der Waals surface area contributed by atoms with Crippen LogP contribution in [0.2, 0.25) is 0 Å². The van der Waals surface area contributed by atoms with Crippen LogP contribution in [0.4, 0.5) is 0 Å². The molecule has 3 atom stereocenters. The fourth-order valence-electron chi connectivity index (χ4n) is 4.75. The molecule has 0 amide bonds. The molecule has 0 bridgehead atoms. The molecular formula is C21H35N5O2. The van der Waals surface area contributed by atoms with Gasteiger partial charge in [0.2, 0.25) is 0 Å². The summed E-state index contributed by atoms with van der Waals surface area (Å²) in [6.07, 6.45) is 8.45. The number of morpholine rings is 1. The van der Waals surface area contributed by atoms with Gasteiger partial charge in [0.15, 0.2) is 5.96 Å². The maximum Gasteiger partial charge on any atom is 0.191 e. The minimum atomic E-state index is 0.232. The van der Waals surface area contributed by atoms with E-state index in [0.29, 0.717) is 6.04 Å². The summed E-state index contributed by atoms with van der Waals surface area (Å²) in [5, 5.41) is 6.97. The van der Waals surface area contributed by atoms with Crippen molar-refractivity contribution in [1.82, 2.24) is 20.4 Å². The van der Waals surface area contributed by atoms with Crippen LogP contribution in [0.3, 0.4) is 0 Å². The van der Waals surface area contributed by atoms with Gasteiger partial charge >= 0.3 is 0 Å². The fourth-order valence-corrected chi connectivity index (χ4v) is 4.75. The van der Waals surface area contributed by atoms with Crippen molar-refractivity contribution in [1.29, 1.82) is 0 Å². The number of aliphatic imine (C=N–C) groups is 1. The largest absolute Gasteiger partial charge is 0.468 e. The van der Waals surface area contributed by atoms with Gasteiger partial charge in [0.05, 0.1) is 25.0 Å². The average Bonchev–Trinajstić information content (AvgIpc) is 3.43. The molecule has 1 aromatic rings. The summed E-state index contributed by atoms with van der Waals surface area (Å²) in [4.78, 5) is 9.52. The first-order valence-electron chi connectivity index (χ1n) is 10.9. The maximum absolute atomic E-state index is 6.06. The van der Waals surface area contributed by atoms with E-state index in [-0.39, 0.29) is 12.1 Å². The molecule has 156 valence electrons.